The number of carbonyl (C=O) groups is 4. The second kappa shape index (κ2) is 10.9. The largest absolute Gasteiger partial charge is 0.504 e. The minimum atomic E-state index is -5.08. The maximum atomic E-state index is 13.3. The quantitative estimate of drug-likeness (QED) is 0.287. The van der Waals surface area contributed by atoms with Crippen molar-refractivity contribution in [2.45, 2.75) is 80.0 Å². The van der Waals surface area contributed by atoms with E-state index in [9.17, 15) is 42.9 Å². The maximum Gasteiger partial charge on any atom is 0.490 e. The SMILES string of the molecule is CN1CC[C@]23c4c5ccc(O)c4O[C@H]2C(OC(=O)[C@@H]2CCCN2C(=O)CC(O)C(=O)O)=CC[C@@]3(O)[C@H]1C5.O=C(O)C(F)(F)F. The van der Waals surface area contributed by atoms with E-state index in [-0.39, 0.29) is 30.5 Å². The van der Waals surface area contributed by atoms with Crippen molar-refractivity contribution >= 4 is 23.8 Å². The zero-order valence-corrected chi connectivity index (χ0v) is 23.4. The summed E-state index contributed by atoms with van der Waals surface area (Å²) in [6.45, 7) is 0.948. The summed E-state index contributed by atoms with van der Waals surface area (Å²) in [6, 6.07) is 2.36. The van der Waals surface area contributed by atoms with Gasteiger partial charge >= 0.3 is 24.1 Å². The summed E-state index contributed by atoms with van der Waals surface area (Å²) < 4.78 is 43.9. The fourth-order valence-corrected chi connectivity index (χ4v) is 7.30. The van der Waals surface area contributed by atoms with Crippen molar-refractivity contribution in [1.82, 2.24) is 9.80 Å². The average Bonchev–Trinajstić information content (AvgIpc) is 3.57. The van der Waals surface area contributed by atoms with Crippen LogP contribution in [-0.4, -0.2) is 115 Å². The lowest BCUT2D eigenvalue weighted by atomic mass is 9.50. The molecule has 240 valence electrons. The van der Waals surface area contributed by atoms with Crippen LogP contribution < -0.4 is 4.74 Å². The topological polar surface area (TPSA) is 194 Å². The highest BCUT2D eigenvalue weighted by atomic mass is 19.4. The number of halogens is 3. The van der Waals surface area contributed by atoms with Crippen molar-refractivity contribution in [1.29, 1.82) is 0 Å². The van der Waals surface area contributed by atoms with Gasteiger partial charge in [0, 0.05) is 24.6 Å². The molecule has 5 N–H and O–H groups in total. The minimum Gasteiger partial charge on any atom is -0.504 e. The van der Waals surface area contributed by atoms with Crippen LogP contribution in [0.2, 0.25) is 0 Å². The molecule has 1 aromatic rings. The Morgan fingerprint density at radius 3 is 2.50 bits per heavy atom. The molecule has 6 rings (SSSR count). The molecule has 0 radical (unpaired) electrons. The monoisotopic (exact) mass is 628 g/mol. The lowest BCUT2D eigenvalue weighted by molar-refractivity contribution is -0.192. The third-order valence-electron chi connectivity index (χ3n) is 9.31. The predicted octanol–water partition coefficient (Wildman–Crippen LogP) is 0.673. The minimum absolute atomic E-state index is 0.0301. The number of esters is 1. The van der Waals surface area contributed by atoms with Crippen LogP contribution in [0.5, 0.6) is 11.5 Å². The Hall–Kier alpha value is -3.89. The fraction of sp³-hybridized carbons (Fsp3) is 0.571. The van der Waals surface area contributed by atoms with Gasteiger partial charge in [0.25, 0.3) is 0 Å². The number of ether oxygens (including phenoxy) is 2. The van der Waals surface area contributed by atoms with Crippen LogP contribution in [0.3, 0.4) is 0 Å². The van der Waals surface area contributed by atoms with Gasteiger partial charge in [-0.05, 0) is 57.0 Å². The van der Waals surface area contributed by atoms with Crippen molar-refractivity contribution in [3.8, 4) is 11.5 Å². The number of nitrogens with zero attached hydrogens (tertiary/aromatic N) is 2. The predicted molar refractivity (Wildman–Crippen MR) is 139 cm³/mol. The third-order valence-corrected chi connectivity index (χ3v) is 9.31. The van der Waals surface area contributed by atoms with Gasteiger partial charge in [-0.15, -0.1) is 0 Å². The molecule has 2 aliphatic carbocycles. The Kier molecular flexibility index (Phi) is 7.83. The number of hydrogen-bond acceptors (Lipinski definition) is 10. The number of rotatable bonds is 5. The van der Waals surface area contributed by atoms with Crippen LogP contribution >= 0.6 is 0 Å². The molecule has 0 aromatic heterocycles. The van der Waals surface area contributed by atoms with Crippen LogP contribution in [0.1, 0.15) is 43.2 Å². The van der Waals surface area contributed by atoms with Gasteiger partial charge in [-0.3, -0.25) is 4.79 Å². The van der Waals surface area contributed by atoms with Gasteiger partial charge in [-0.25, -0.2) is 14.4 Å². The number of carbonyl (C=O) groups excluding carboxylic acids is 2. The van der Waals surface area contributed by atoms with Crippen molar-refractivity contribution in [3.05, 3.63) is 35.1 Å². The highest BCUT2D eigenvalue weighted by molar-refractivity contribution is 5.88. The van der Waals surface area contributed by atoms with E-state index in [1.165, 1.54) is 4.90 Å². The van der Waals surface area contributed by atoms with Crippen LogP contribution in [0.25, 0.3) is 0 Å². The Morgan fingerprint density at radius 2 is 1.86 bits per heavy atom. The average molecular weight is 629 g/mol. The van der Waals surface area contributed by atoms with Gasteiger partial charge in [-0.1, -0.05) is 6.07 Å². The molecule has 6 atom stereocenters. The molecule has 3 heterocycles. The normalized spacial score (nSPS) is 30.6. The fourth-order valence-electron chi connectivity index (χ4n) is 7.30. The van der Waals surface area contributed by atoms with E-state index in [4.69, 9.17) is 24.5 Å². The molecule has 2 bridgehead atoms. The lowest BCUT2D eigenvalue weighted by Gasteiger charge is -2.61. The molecule has 44 heavy (non-hydrogen) atoms. The number of carboxylic acids is 2. The lowest BCUT2D eigenvalue weighted by Crippen LogP contribution is -2.74. The number of likely N-dealkylation sites (tertiary alicyclic amines) is 2. The smallest absolute Gasteiger partial charge is 0.490 e. The van der Waals surface area contributed by atoms with E-state index in [2.05, 4.69) is 4.90 Å². The van der Waals surface area contributed by atoms with Gasteiger partial charge in [0.1, 0.15) is 11.8 Å². The van der Waals surface area contributed by atoms with Gasteiger partial charge in [0.05, 0.1) is 17.4 Å². The summed E-state index contributed by atoms with van der Waals surface area (Å²) in [5.41, 5.74) is -0.304. The van der Waals surface area contributed by atoms with Crippen molar-refractivity contribution < 1.29 is 67.4 Å². The van der Waals surface area contributed by atoms with E-state index in [1.807, 2.05) is 13.1 Å². The molecular formula is C28H31F3N2O11. The summed E-state index contributed by atoms with van der Waals surface area (Å²) >= 11 is 0. The number of benzene rings is 1. The molecule has 3 aliphatic heterocycles. The summed E-state index contributed by atoms with van der Waals surface area (Å²) in [5, 5.41) is 48.5. The number of aromatic hydroxyl groups is 1. The number of aliphatic hydroxyl groups is 2. The van der Waals surface area contributed by atoms with Gasteiger partial charge in [0.15, 0.2) is 23.7 Å². The van der Waals surface area contributed by atoms with Crippen LogP contribution in [0, 0.1) is 0 Å². The number of phenols is 1. The molecule has 1 aromatic carbocycles. The molecular weight excluding hydrogens is 597 g/mol. The highest BCUT2D eigenvalue weighted by Crippen LogP contribution is 2.65. The molecule has 5 aliphatic rings. The van der Waals surface area contributed by atoms with Crippen LogP contribution in [0.15, 0.2) is 24.0 Å². The Bertz CT molecular complexity index is 1430. The number of piperidine rings is 1. The zero-order valence-electron chi connectivity index (χ0n) is 23.4. The van der Waals surface area contributed by atoms with Gasteiger partial charge in [0.2, 0.25) is 5.91 Å². The zero-order chi connectivity index (χ0) is 32.4. The first-order chi connectivity index (χ1) is 20.5. The van der Waals surface area contributed by atoms with Crippen molar-refractivity contribution in [2.24, 2.45) is 0 Å². The summed E-state index contributed by atoms with van der Waals surface area (Å²) in [6.07, 6.45) is -4.44. The Balaban J connectivity index is 0.000000493. The Morgan fingerprint density at radius 1 is 1.18 bits per heavy atom. The molecule has 2 saturated heterocycles. The standard InChI is InChI=1S/C26H30N2O9.C2HF3O2/c1-27-10-8-25-20-13-4-5-15(29)21(20)37-22(25)17(6-7-26(25,35)18(27)11-13)36-24(34)14-3-2-9-28(14)19(31)12-16(30)23(32)33;3-2(4,5)1(6)7/h4-6,14,16,18,22,29-30,35H,2-3,7-12H2,1H3,(H,32,33);(H,6,7)/t14-,16?,18+,22-,25-,26+;/m0./s1. The number of amides is 1. The van der Waals surface area contributed by atoms with Crippen molar-refractivity contribution in [3.63, 3.8) is 0 Å². The number of alkyl halides is 3. The summed E-state index contributed by atoms with van der Waals surface area (Å²) in [7, 11) is 1.98. The highest BCUT2D eigenvalue weighted by Gasteiger charge is 2.72. The first-order valence-corrected chi connectivity index (χ1v) is 13.9. The number of hydrogen-bond donors (Lipinski definition) is 5. The van der Waals surface area contributed by atoms with Gasteiger partial charge in [-0.2, -0.15) is 13.2 Å². The first-order valence-electron chi connectivity index (χ1n) is 13.9. The van der Waals surface area contributed by atoms with Gasteiger partial charge < -0.3 is 44.8 Å². The molecule has 1 spiro atoms. The van der Waals surface area contributed by atoms with E-state index >= 15 is 0 Å². The number of likely N-dealkylation sites (N-methyl/N-ethyl adjacent to an activating group) is 1. The molecule has 16 heteroatoms. The van der Waals surface area contributed by atoms with E-state index in [0.717, 1.165) is 11.1 Å². The molecule has 1 unspecified atom stereocenters. The van der Waals surface area contributed by atoms with Crippen molar-refractivity contribution in [2.75, 3.05) is 20.1 Å². The number of aliphatic carboxylic acids is 2. The van der Waals surface area contributed by atoms with Crippen LogP contribution in [0.4, 0.5) is 13.2 Å². The third kappa shape index (κ3) is 4.84. The van der Waals surface area contributed by atoms with E-state index < -0.39 is 65.7 Å². The molecule has 2 fully saturated rings. The molecule has 0 saturated carbocycles. The number of aliphatic hydroxyl groups excluding tert-OH is 1. The van der Waals surface area contributed by atoms with E-state index in [1.54, 1.807) is 12.1 Å². The maximum absolute atomic E-state index is 13.3. The number of carboxylic acid groups (broad SMARTS) is 2. The van der Waals surface area contributed by atoms with E-state index in [0.29, 0.717) is 38.0 Å². The summed E-state index contributed by atoms with van der Waals surface area (Å²) in [4.78, 5) is 49.2. The molecule has 1 amide bonds. The summed E-state index contributed by atoms with van der Waals surface area (Å²) in [5.74, 6) is -5.04. The first kappa shape index (κ1) is 31.5. The second-order valence-electron chi connectivity index (χ2n) is 11.6. The second-order valence-corrected chi connectivity index (χ2v) is 11.6. The number of phenolic OH excluding ortho intramolecular Hbond substituents is 1. The molecule has 13 nitrogen and oxygen atoms in total. The Labute approximate surface area is 248 Å². The van der Waals surface area contributed by atoms with Crippen LogP contribution in [-0.2, 0) is 35.8 Å².